The molecule has 0 radical (unpaired) electrons. The third kappa shape index (κ3) is 4.73. The van der Waals surface area contributed by atoms with E-state index in [-0.39, 0.29) is 12.4 Å². The lowest BCUT2D eigenvalue weighted by Gasteiger charge is -2.34. The van der Waals surface area contributed by atoms with E-state index in [1.54, 1.807) is 0 Å². The van der Waals surface area contributed by atoms with Gasteiger partial charge >= 0.3 is 0 Å². The molecule has 0 spiro atoms. The van der Waals surface area contributed by atoms with Crippen LogP contribution in [-0.4, -0.2) is 31.6 Å². The van der Waals surface area contributed by atoms with Crippen LogP contribution in [0.5, 0.6) is 0 Å². The molecular weight excluding hydrogens is 306 g/mol. The lowest BCUT2D eigenvalue weighted by Crippen LogP contribution is -2.35. The highest BCUT2D eigenvalue weighted by molar-refractivity contribution is 5.85. The summed E-state index contributed by atoms with van der Waals surface area (Å²) in [7, 11) is 1.82. The molecule has 1 atom stereocenters. The van der Waals surface area contributed by atoms with E-state index in [4.69, 9.17) is 4.74 Å². The van der Waals surface area contributed by atoms with Crippen molar-refractivity contribution in [2.24, 2.45) is 5.92 Å². The van der Waals surface area contributed by atoms with Gasteiger partial charge in [-0.2, -0.15) is 0 Å². The largest absolute Gasteiger partial charge is 0.361 e. The topological polar surface area (TPSA) is 12.5 Å². The Hall–Kier alpha value is -1.01. The van der Waals surface area contributed by atoms with Crippen LogP contribution in [0.15, 0.2) is 30.3 Å². The molecule has 1 aliphatic rings. The highest BCUT2D eigenvalue weighted by atomic mass is 35.5. The normalized spacial score (nSPS) is 17.2. The molecule has 23 heavy (non-hydrogen) atoms. The second kappa shape index (κ2) is 9.98. The molecule has 0 heterocycles. The van der Waals surface area contributed by atoms with E-state index in [9.17, 15) is 0 Å². The van der Waals surface area contributed by atoms with E-state index in [1.807, 2.05) is 7.11 Å². The average molecular weight is 336 g/mol. The summed E-state index contributed by atoms with van der Waals surface area (Å²) >= 11 is 0. The molecule has 1 aromatic rings. The Bertz CT molecular complexity index is 497. The van der Waals surface area contributed by atoms with Gasteiger partial charge in [-0.25, -0.2) is 0 Å². The number of nitrogens with zero attached hydrogens (tertiary/aromatic N) is 1. The van der Waals surface area contributed by atoms with Gasteiger partial charge in [-0.15, -0.1) is 12.4 Å². The number of rotatable bonds is 6. The molecule has 0 amide bonds. The van der Waals surface area contributed by atoms with Crippen molar-refractivity contribution in [1.82, 2.24) is 4.90 Å². The number of hydrogen-bond acceptors (Lipinski definition) is 2. The van der Waals surface area contributed by atoms with Gasteiger partial charge in [0.05, 0.1) is 6.54 Å². The average Bonchev–Trinajstić information content (AvgIpc) is 3.11. The van der Waals surface area contributed by atoms with Crippen LogP contribution < -0.4 is 0 Å². The minimum atomic E-state index is -0.440. The van der Waals surface area contributed by atoms with Crippen molar-refractivity contribution < 1.29 is 4.74 Å². The number of halogens is 1. The first-order valence-corrected chi connectivity index (χ1v) is 8.59. The van der Waals surface area contributed by atoms with Crippen molar-refractivity contribution in [2.45, 2.75) is 45.1 Å². The zero-order valence-corrected chi connectivity index (χ0v) is 15.5. The first-order valence-electron chi connectivity index (χ1n) is 8.59. The van der Waals surface area contributed by atoms with Gasteiger partial charge in [-0.1, -0.05) is 68.9 Å². The molecule has 1 saturated carbocycles. The van der Waals surface area contributed by atoms with Crippen molar-refractivity contribution in [3.63, 3.8) is 0 Å². The third-order valence-electron chi connectivity index (χ3n) is 4.93. The van der Waals surface area contributed by atoms with Gasteiger partial charge in [0.1, 0.15) is 0 Å². The van der Waals surface area contributed by atoms with Gasteiger partial charge in [-0.05, 0) is 31.5 Å². The maximum atomic E-state index is 6.06. The van der Waals surface area contributed by atoms with E-state index < -0.39 is 5.60 Å². The van der Waals surface area contributed by atoms with E-state index >= 15 is 0 Å². The predicted octanol–water partition coefficient (Wildman–Crippen LogP) is 4.49. The number of methoxy groups -OCH3 is 1. The monoisotopic (exact) mass is 335 g/mol. The first-order chi connectivity index (χ1) is 10.8. The van der Waals surface area contributed by atoms with Gasteiger partial charge in [0.25, 0.3) is 0 Å². The summed E-state index contributed by atoms with van der Waals surface area (Å²) in [5, 5.41) is 0. The standard InChI is InChI=1S/C20H29NO.ClH/c1-4-21(5-2)17-11-16-20(22-3,19-14-9-10-15-19)18-12-7-6-8-13-18;/h6-8,12-13,19H,4-5,9-10,14-15,17H2,1-3H3;1H. The quantitative estimate of drug-likeness (QED) is 0.710. The molecule has 1 aliphatic carbocycles. The van der Waals surface area contributed by atoms with Gasteiger partial charge in [0, 0.05) is 13.0 Å². The summed E-state index contributed by atoms with van der Waals surface area (Å²) in [6.45, 7) is 7.27. The molecule has 1 aromatic carbocycles. The smallest absolute Gasteiger partial charge is 0.156 e. The highest BCUT2D eigenvalue weighted by Crippen LogP contribution is 2.42. The Morgan fingerprint density at radius 2 is 1.74 bits per heavy atom. The minimum Gasteiger partial charge on any atom is -0.361 e. The molecule has 3 heteroatoms. The SMILES string of the molecule is CCN(CC)CC#CC(OC)(c1ccccc1)C1CCCC1.Cl. The van der Waals surface area contributed by atoms with Gasteiger partial charge in [-0.3, -0.25) is 4.90 Å². The van der Waals surface area contributed by atoms with Crippen molar-refractivity contribution in [1.29, 1.82) is 0 Å². The van der Waals surface area contributed by atoms with Gasteiger partial charge in [0.15, 0.2) is 5.60 Å². The number of hydrogen-bond donors (Lipinski definition) is 0. The second-order valence-corrected chi connectivity index (χ2v) is 6.05. The fourth-order valence-electron chi connectivity index (χ4n) is 3.49. The molecule has 0 N–H and O–H groups in total. The highest BCUT2D eigenvalue weighted by Gasteiger charge is 2.40. The Labute approximate surface area is 148 Å². The van der Waals surface area contributed by atoms with Crippen molar-refractivity contribution in [3.8, 4) is 11.8 Å². The third-order valence-corrected chi connectivity index (χ3v) is 4.93. The van der Waals surface area contributed by atoms with Crippen LogP contribution >= 0.6 is 12.4 Å². The minimum absolute atomic E-state index is 0. The van der Waals surface area contributed by atoms with Gasteiger partial charge < -0.3 is 4.74 Å². The lowest BCUT2D eigenvalue weighted by molar-refractivity contribution is -0.0120. The number of benzene rings is 1. The summed E-state index contributed by atoms with van der Waals surface area (Å²) in [4.78, 5) is 2.34. The van der Waals surface area contributed by atoms with E-state index in [1.165, 1.54) is 31.2 Å². The number of ether oxygens (including phenoxy) is 1. The Kier molecular flexibility index (Phi) is 8.69. The molecular formula is C20H30ClNO. The molecule has 2 nitrogen and oxygen atoms in total. The zero-order valence-electron chi connectivity index (χ0n) is 14.7. The van der Waals surface area contributed by atoms with Crippen LogP contribution in [0.2, 0.25) is 0 Å². The first kappa shape index (κ1) is 20.0. The molecule has 2 rings (SSSR count). The Morgan fingerprint density at radius 3 is 2.26 bits per heavy atom. The molecule has 0 aromatic heterocycles. The summed E-state index contributed by atoms with van der Waals surface area (Å²) in [5.41, 5.74) is 0.765. The van der Waals surface area contributed by atoms with Crippen LogP contribution in [0.1, 0.15) is 45.1 Å². The maximum absolute atomic E-state index is 6.06. The van der Waals surface area contributed by atoms with Crippen LogP contribution in [0.3, 0.4) is 0 Å². The zero-order chi connectivity index (χ0) is 15.8. The van der Waals surface area contributed by atoms with E-state index in [0.29, 0.717) is 5.92 Å². The predicted molar refractivity (Wildman–Crippen MR) is 99.9 cm³/mol. The fraction of sp³-hybridized carbons (Fsp3) is 0.600. The maximum Gasteiger partial charge on any atom is 0.156 e. The second-order valence-electron chi connectivity index (χ2n) is 6.05. The Balaban J connectivity index is 0.00000264. The molecule has 1 fully saturated rings. The van der Waals surface area contributed by atoms with Crippen LogP contribution in [0.25, 0.3) is 0 Å². The van der Waals surface area contributed by atoms with E-state index in [0.717, 1.165) is 19.6 Å². The summed E-state index contributed by atoms with van der Waals surface area (Å²) < 4.78 is 6.06. The van der Waals surface area contributed by atoms with Crippen molar-refractivity contribution >= 4 is 12.4 Å². The summed E-state index contributed by atoms with van der Waals surface area (Å²) in [6, 6.07) is 10.6. The Morgan fingerprint density at radius 1 is 1.13 bits per heavy atom. The van der Waals surface area contributed by atoms with Gasteiger partial charge in [0.2, 0.25) is 0 Å². The molecule has 0 aliphatic heterocycles. The summed E-state index contributed by atoms with van der Waals surface area (Å²) in [6.07, 6.45) is 5.01. The van der Waals surface area contributed by atoms with Crippen molar-refractivity contribution in [3.05, 3.63) is 35.9 Å². The van der Waals surface area contributed by atoms with E-state index in [2.05, 4.69) is 60.9 Å². The fourth-order valence-corrected chi connectivity index (χ4v) is 3.49. The molecule has 1 unspecified atom stereocenters. The van der Waals surface area contributed by atoms with Crippen LogP contribution in [0, 0.1) is 17.8 Å². The van der Waals surface area contributed by atoms with Crippen molar-refractivity contribution in [2.75, 3.05) is 26.7 Å². The summed E-state index contributed by atoms with van der Waals surface area (Å²) in [5.74, 6) is 7.44. The molecule has 128 valence electrons. The molecule has 0 saturated heterocycles. The van der Waals surface area contributed by atoms with Crippen LogP contribution in [0.4, 0.5) is 0 Å². The molecule has 0 bridgehead atoms. The van der Waals surface area contributed by atoms with Crippen LogP contribution in [-0.2, 0) is 10.3 Å². The lowest BCUT2D eigenvalue weighted by atomic mass is 9.80.